The van der Waals surface area contributed by atoms with Crippen LogP contribution in [-0.4, -0.2) is 41.6 Å². The molecule has 1 unspecified atom stereocenters. The van der Waals surface area contributed by atoms with E-state index >= 15 is 4.39 Å². The van der Waals surface area contributed by atoms with Gasteiger partial charge in [0.05, 0.1) is 18.2 Å². The minimum Gasteiger partial charge on any atom is -0.423 e. The first-order valence-electron chi connectivity index (χ1n) is 11.1. The summed E-state index contributed by atoms with van der Waals surface area (Å²) in [7, 11) is -1.25. The highest BCUT2D eigenvalue weighted by molar-refractivity contribution is 6.55. The van der Waals surface area contributed by atoms with Crippen LogP contribution >= 0.6 is 0 Å². The zero-order chi connectivity index (χ0) is 25.1. The summed E-state index contributed by atoms with van der Waals surface area (Å²) >= 11 is 0. The predicted molar refractivity (Wildman–Crippen MR) is 129 cm³/mol. The average molecular weight is 456 g/mol. The summed E-state index contributed by atoms with van der Waals surface area (Å²) in [5, 5.41) is 11.1. The van der Waals surface area contributed by atoms with Crippen LogP contribution in [-0.2, 0) is 9.45 Å². The number of hydrogen-bond acceptors (Lipinski definition) is 4. The zero-order valence-corrected chi connectivity index (χ0v) is 20.6. The van der Waals surface area contributed by atoms with Crippen molar-refractivity contribution in [3.8, 4) is 0 Å². The van der Waals surface area contributed by atoms with Gasteiger partial charge in [-0.25, -0.2) is 9.40 Å². The van der Waals surface area contributed by atoms with Gasteiger partial charge in [-0.05, 0) is 50.2 Å². The molecule has 1 aliphatic rings. The van der Waals surface area contributed by atoms with Gasteiger partial charge < -0.3 is 9.68 Å². The van der Waals surface area contributed by atoms with E-state index in [-0.39, 0.29) is 35.0 Å². The molecule has 1 aromatic carbocycles. The first-order chi connectivity index (χ1) is 15.3. The van der Waals surface area contributed by atoms with Gasteiger partial charge in [0, 0.05) is 11.1 Å². The van der Waals surface area contributed by atoms with Crippen molar-refractivity contribution in [2.24, 2.45) is 5.41 Å². The Balaban J connectivity index is 2.43. The number of halogens is 1. The zero-order valence-electron chi connectivity index (χ0n) is 20.6. The molecule has 2 N–H and O–H groups in total. The minimum atomic E-state index is -1.25. The van der Waals surface area contributed by atoms with E-state index in [1.165, 1.54) is 11.1 Å². The smallest absolute Gasteiger partial charge is 0.423 e. The summed E-state index contributed by atoms with van der Waals surface area (Å²) in [6.45, 7) is 16.7. The predicted octanol–water partition coefficient (Wildman–Crippen LogP) is 4.38. The van der Waals surface area contributed by atoms with Crippen LogP contribution in [0.2, 0.25) is 0 Å². The van der Waals surface area contributed by atoms with Gasteiger partial charge in [-0.2, -0.15) is 0 Å². The van der Waals surface area contributed by atoms with E-state index in [1.54, 1.807) is 19.1 Å². The van der Waals surface area contributed by atoms with E-state index in [0.717, 1.165) is 11.1 Å². The second-order valence-corrected chi connectivity index (χ2v) is 9.46. The minimum absolute atomic E-state index is 0.0696. The Labute approximate surface area is 196 Å². The number of carbonyl (C=O) groups excluding carboxylic acids is 2. The molecule has 1 atom stereocenters. The fourth-order valence-electron chi connectivity index (χ4n) is 4.14. The number of nitrogens with zero attached hydrogens (tertiary/aromatic N) is 1. The van der Waals surface area contributed by atoms with Crippen molar-refractivity contribution in [3.63, 3.8) is 0 Å². The molecule has 33 heavy (non-hydrogen) atoms. The lowest BCUT2D eigenvalue weighted by Gasteiger charge is -2.39. The van der Waals surface area contributed by atoms with Crippen molar-refractivity contribution in [1.29, 1.82) is 0 Å². The Morgan fingerprint density at radius 1 is 1.30 bits per heavy atom. The number of hydrazine groups is 1. The van der Waals surface area contributed by atoms with Gasteiger partial charge in [0.2, 0.25) is 0 Å². The summed E-state index contributed by atoms with van der Waals surface area (Å²) in [5.74, 6) is -2.09. The monoisotopic (exact) mass is 456 g/mol. The molecule has 0 bridgehead atoms. The number of allylic oxidation sites excluding steroid dienone is 1. The molecule has 1 aliphatic heterocycles. The van der Waals surface area contributed by atoms with Crippen molar-refractivity contribution in [1.82, 2.24) is 10.4 Å². The molecule has 0 saturated carbocycles. The number of aryl methyl sites for hydroxylation is 2. The second kappa shape index (κ2) is 10.5. The fourth-order valence-corrected chi connectivity index (χ4v) is 4.14. The van der Waals surface area contributed by atoms with E-state index < -0.39 is 24.4 Å². The van der Waals surface area contributed by atoms with Crippen LogP contribution in [0.4, 0.5) is 4.39 Å². The van der Waals surface area contributed by atoms with E-state index in [9.17, 15) is 14.6 Å². The van der Waals surface area contributed by atoms with E-state index in [2.05, 4.69) is 12.0 Å². The Kier molecular flexibility index (Phi) is 8.43. The number of amides is 2. The Morgan fingerprint density at radius 3 is 2.36 bits per heavy atom. The topological polar surface area (TPSA) is 78.9 Å². The van der Waals surface area contributed by atoms with Crippen molar-refractivity contribution < 1.29 is 23.7 Å². The molecule has 0 spiro atoms. The molecule has 1 heterocycles. The highest BCUT2D eigenvalue weighted by Crippen LogP contribution is 2.30. The van der Waals surface area contributed by atoms with Crippen LogP contribution in [0.3, 0.4) is 0 Å². The first-order valence-corrected chi connectivity index (χ1v) is 11.1. The van der Waals surface area contributed by atoms with Gasteiger partial charge >= 0.3 is 7.12 Å². The molecular formula is C25H34BFN2O4. The molecule has 178 valence electrons. The molecule has 2 rings (SSSR count). The third-order valence-corrected chi connectivity index (χ3v) is 5.72. The largest absolute Gasteiger partial charge is 0.491 e. The van der Waals surface area contributed by atoms with Crippen molar-refractivity contribution >= 4 is 18.9 Å². The lowest BCUT2D eigenvalue weighted by molar-refractivity contribution is -0.122. The van der Waals surface area contributed by atoms with E-state index in [1.807, 2.05) is 47.6 Å². The van der Waals surface area contributed by atoms with Crippen LogP contribution in [0.1, 0.15) is 62.5 Å². The molecule has 1 saturated heterocycles. The Morgan fingerprint density at radius 2 is 1.88 bits per heavy atom. The van der Waals surface area contributed by atoms with Gasteiger partial charge in [-0.1, -0.05) is 57.5 Å². The van der Waals surface area contributed by atoms with Gasteiger partial charge in [0.15, 0.2) is 0 Å². The normalized spacial score (nSPS) is 17.7. The molecule has 0 radical (unpaired) electrons. The highest BCUT2D eigenvalue weighted by Gasteiger charge is 2.37. The first kappa shape index (κ1) is 26.5. The molecule has 8 heteroatoms. The fraction of sp³-hybridized carbons (Fsp3) is 0.440. The van der Waals surface area contributed by atoms with Crippen LogP contribution < -0.4 is 5.43 Å². The van der Waals surface area contributed by atoms with Crippen LogP contribution in [0, 0.1) is 19.3 Å². The van der Waals surface area contributed by atoms with E-state index in [4.69, 9.17) is 4.65 Å². The second-order valence-electron chi connectivity index (χ2n) is 9.46. The standard InChI is InChI=1S/C25H34BFN2O4/c1-9-20-19(14-33-26(20)32)22(27)17(5)23(30)28-29(21(10-2)25(6,7)8)24(31)18-12-15(3)11-16(4)13-18/h9,11-13,21,32H,5,10,14H2,1-4,6-8H3,(H,28,30). The summed E-state index contributed by atoms with van der Waals surface area (Å²) in [6, 6.07) is 5.12. The number of rotatable bonds is 5. The van der Waals surface area contributed by atoms with Crippen molar-refractivity contribution in [3.05, 3.63) is 70.0 Å². The number of benzene rings is 1. The van der Waals surface area contributed by atoms with Gasteiger partial charge in [0.1, 0.15) is 5.83 Å². The molecular weight excluding hydrogens is 422 g/mol. The lowest BCUT2D eigenvalue weighted by Crippen LogP contribution is -2.56. The number of nitrogens with one attached hydrogen (secondary N) is 1. The third-order valence-electron chi connectivity index (χ3n) is 5.72. The van der Waals surface area contributed by atoms with Gasteiger partial charge in [0.25, 0.3) is 11.8 Å². The third kappa shape index (κ3) is 6.00. The summed E-state index contributed by atoms with van der Waals surface area (Å²) in [5.41, 5.74) is 4.41. The number of hydrogen-bond donors (Lipinski definition) is 2. The van der Waals surface area contributed by atoms with Crippen molar-refractivity contribution in [2.75, 3.05) is 6.61 Å². The quantitative estimate of drug-likeness (QED) is 0.392. The average Bonchev–Trinajstić information content (AvgIpc) is 3.10. The summed E-state index contributed by atoms with van der Waals surface area (Å²) in [4.78, 5) is 26.6. The van der Waals surface area contributed by atoms with Gasteiger partial charge in [-0.15, -0.1) is 0 Å². The van der Waals surface area contributed by atoms with Crippen LogP contribution in [0.15, 0.2) is 53.3 Å². The molecule has 0 aliphatic carbocycles. The van der Waals surface area contributed by atoms with Crippen LogP contribution in [0.5, 0.6) is 0 Å². The lowest BCUT2D eigenvalue weighted by atomic mass is 9.77. The Hall–Kier alpha value is -2.71. The maximum absolute atomic E-state index is 15.1. The maximum Gasteiger partial charge on any atom is 0.491 e. The van der Waals surface area contributed by atoms with Crippen LogP contribution in [0.25, 0.3) is 0 Å². The summed E-state index contributed by atoms with van der Waals surface area (Å²) < 4.78 is 20.2. The van der Waals surface area contributed by atoms with Gasteiger partial charge in [-0.3, -0.25) is 15.0 Å². The maximum atomic E-state index is 15.1. The highest BCUT2D eigenvalue weighted by atomic mass is 19.1. The molecule has 1 fully saturated rings. The summed E-state index contributed by atoms with van der Waals surface area (Å²) in [6.07, 6.45) is 2.10. The molecule has 6 nitrogen and oxygen atoms in total. The number of carbonyl (C=O) groups is 2. The van der Waals surface area contributed by atoms with E-state index in [0.29, 0.717) is 12.0 Å². The Bertz CT molecular complexity index is 990. The van der Waals surface area contributed by atoms with Crippen molar-refractivity contribution in [2.45, 2.75) is 60.9 Å². The molecule has 0 aromatic heterocycles. The molecule has 1 aromatic rings. The SMILES string of the molecule is C=C(C(=O)NN(C(=O)c1cc(C)cc(C)c1)C(CC)C(C)(C)C)C(F)=C1COB(O)C1=CC. The molecule has 2 amide bonds.